The van der Waals surface area contributed by atoms with Gasteiger partial charge in [0.1, 0.15) is 11.4 Å². The first-order valence-electron chi connectivity index (χ1n) is 7.65. The molecule has 0 fully saturated rings. The highest BCUT2D eigenvalue weighted by Crippen LogP contribution is 2.36. The lowest BCUT2D eigenvalue weighted by Gasteiger charge is -2.26. The molecule has 9 heteroatoms. The lowest BCUT2D eigenvalue weighted by atomic mass is 10.2. The second-order valence-corrected chi connectivity index (χ2v) is 7.72. The molecule has 0 aliphatic heterocycles. The predicted molar refractivity (Wildman–Crippen MR) is 100 cm³/mol. The standard InChI is InChI=1S/C17H15ClN4O3S/c1-17(2,3)25-16(24)22(12-6-4-5-7-19-12)14-13-11(20-15(18)21-14)8-10(9-23)26-13/h4-9H,1-3H3. The minimum atomic E-state index is -0.719. The maximum absolute atomic E-state index is 12.9. The van der Waals surface area contributed by atoms with Crippen LogP contribution in [-0.2, 0) is 4.74 Å². The van der Waals surface area contributed by atoms with E-state index in [1.54, 1.807) is 51.2 Å². The summed E-state index contributed by atoms with van der Waals surface area (Å²) in [7, 11) is 0. The van der Waals surface area contributed by atoms with Gasteiger partial charge in [0.05, 0.1) is 15.1 Å². The van der Waals surface area contributed by atoms with E-state index in [4.69, 9.17) is 16.3 Å². The van der Waals surface area contributed by atoms with Crippen molar-refractivity contribution in [1.29, 1.82) is 0 Å². The van der Waals surface area contributed by atoms with Crippen LogP contribution >= 0.6 is 22.9 Å². The number of aromatic nitrogens is 3. The van der Waals surface area contributed by atoms with Crippen molar-refractivity contribution < 1.29 is 14.3 Å². The van der Waals surface area contributed by atoms with Crippen molar-refractivity contribution in [3.8, 4) is 0 Å². The molecule has 1 amide bonds. The molecule has 0 aromatic carbocycles. The van der Waals surface area contributed by atoms with Crippen molar-refractivity contribution >= 4 is 57.2 Å². The third-order valence-electron chi connectivity index (χ3n) is 3.13. The summed E-state index contributed by atoms with van der Waals surface area (Å²) < 4.78 is 6.04. The Morgan fingerprint density at radius 3 is 2.69 bits per heavy atom. The number of nitrogens with zero attached hydrogens (tertiary/aromatic N) is 4. The summed E-state index contributed by atoms with van der Waals surface area (Å²) in [6, 6.07) is 6.72. The molecule has 3 aromatic heterocycles. The third kappa shape index (κ3) is 3.81. The number of anilines is 2. The number of fused-ring (bicyclic) bond motifs is 1. The second-order valence-electron chi connectivity index (χ2n) is 6.30. The Labute approximate surface area is 158 Å². The number of ether oxygens (including phenoxy) is 1. The number of carbonyl (C=O) groups excluding carboxylic acids is 2. The van der Waals surface area contributed by atoms with Crippen LogP contribution < -0.4 is 4.90 Å². The van der Waals surface area contributed by atoms with Gasteiger partial charge in [0.15, 0.2) is 12.1 Å². The molecule has 26 heavy (non-hydrogen) atoms. The normalized spacial score (nSPS) is 11.4. The summed E-state index contributed by atoms with van der Waals surface area (Å²) >= 11 is 7.20. The number of thiophene rings is 1. The zero-order chi connectivity index (χ0) is 18.9. The van der Waals surface area contributed by atoms with Crippen LogP contribution in [0.4, 0.5) is 16.4 Å². The highest BCUT2D eigenvalue weighted by molar-refractivity contribution is 7.21. The van der Waals surface area contributed by atoms with E-state index < -0.39 is 11.7 Å². The van der Waals surface area contributed by atoms with Crippen LogP contribution in [0.2, 0.25) is 5.28 Å². The first kappa shape index (κ1) is 18.2. The van der Waals surface area contributed by atoms with E-state index in [2.05, 4.69) is 15.0 Å². The Morgan fingerprint density at radius 1 is 1.31 bits per heavy atom. The fraction of sp³-hybridized carbons (Fsp3) is 0.235. The van der Waals surface area contributed by atoms with E-state index in [0.29, 0.717) is 27.2 Å². The second kappa shape index (κ2) is 6.97. The Kier molecular flexibility index (Phi) is 4.88. The molecular formula is C17H15ClN4O3S. The van der Waals surface area contributed by atoms with Crippen LogP contribution in [0.25, 0.3) is 10.2 Å². The third-order valence-corrected chi connectivity index (χ3v) is 4.34. The quantitative estimate of drug-likeness (QED) is 0.479. The number of pyridine rings is 1. The number of rotatable bonds is 3. The lowest BCUT2D eigenvalue weighted by Crippen LogP contribution is -2.34. The van der Waals surface area contributed by atoms with Gasteiger partial charge in [-0.2, -0.15) is 4.98 Å². The Bertz CT molecular complexity index is 969. The molecule has 0 saturated heterocycles. The van der Waals surface area contributed by atoms with Crippen molar-refractivity contribution in [3.05, 3.63) is 40.6 Å². The molecule has 0 radical (unpaired) electrons. The first-order chi connectivity index (χ1) is 12.3. The van der Waals surface area contributed by atoms with E-state index >= 15 is 0 Å². The highest BCUT2D eigenvalue weighted by atomic mass is 35.5. The van der Waals surface area contributed by atoms with Crippen molar-refractivity contribution in [3.63, 3.8) is 0 Å². The van der Waals surface area contributed by atoms with E-state index in [1.807, 2.05) is 0 Å². The van der Waals surface area contributed by atoms with Gasteiger partial charge in [0, 0.05) is 6.20 Å². The van der Waals surface area contributed by atoms with Crippen LogP contribution in [0.5, 0.6) is 0 Å². The Balaban J connectivity index is 2.22. The minimum Gasteiger partial charge on any atom is -0.443 e. The number of hydrogen-bond acceptors (Lipinski definition) is 7. The van der Waals surface area contributed by atoms with Gasteiger partial charge in [-0.3, -0.25) is 4.79 Å². The monoisotopic (exact) mass is 390 g/mol. The number of amides is 1. The average Bonchev–Trinajstić information content (AvgIpc) is 2.97. The number of halogens is 1. The van der Waals surface area contributed by atoms with E-state index in [-0.39, 0.29) is 11.1 Å². The van der Waals surface area contributed by atoms with Crippen molar-refractivity contribution in [1.82, 2.24) is 15.0 Å². The highest BCUT2D eigenvalue weighted by Gasteiger charge is 2.29. The van der Waals surface area contributed by atoms with Gasteiger partial charge < -0.3 is 4.74 Å². The summed E-state index contributed by atoms with van der Waals surface area (Å²) in [5.41, 5.74) is -0.250. The van der Waals surface area contributed by atoms with Crippen LogP contribution in [-0.4, -0.2) is 32.9 Å². The molecule has 3 rings (SSSR count). The van der Waals surface area contributed by atoms with Gasteiger partial charge >= 0.3 is 6.09 Å². The van der Waals surface area contributed by atoms with Gasteiger partial charge in [-0.15, -0.1) is 11.3 Å². The summed E-state index contributed by atoms with van der Waals surface area (Å²) in [6.45, 7) is 5.29. The number of carbonyl (C=O) groups is 2. The van der Waals surface area contributed by atoms with E-state index in [9.17, 15) is 9.59 Å². The molecule has 0 unspecified atom stereocenters. The topological polar surface area (TPSA) is 85.3 Å². The predicted octanol–water partition coefficient (Wildman–Crippen LogP) is 4.63. The number of aldehydes is 1. The maximum atomic E-state index is 12.9. The molecule has 0 saturated carbocycles. The summed E-state index contributed by atoms with van der Waals surface area (Å²) in [6.07, 6.45) is 1.61. The zero-order valence-electron chi connectivity index (χ0n) is 14.3. The average molecular weight is 391 g/mol. The van der Waals surface area contributed by atoms with Gasteiger partial charge in [-0.25, -0.2) is 19.7 Å². The van der Waals surface area contributed by atoms with Gasteiger partial charge in [0.25, 0.3) is 0 Å². The molecule has 0 atom stereocenters. The number of hydrogen-bond donors (Lipinski definition) is 0. The van der Waals surface area contributed by atoms with Gasteiger partial charge in [0.2, 0.25) is 5.28 Å². The van der Waals surface area contributed by atoms with Crippen LogP contribution in [0.3, 0.4) is 0 Å². The lowest BCUT2D eigenvalue weighted by molar-refractivity contribution is 0.0597. The van der Waals surface area contributed by atoms with Crippen LogP contribution in [0.1, 0.15) is 30.4 Å². The van der Waals surface area contributed by atoms with Gasteiger partial charge in [-0.1, -0.05) is 6.07 Å². The molecule has 134 valence electrons. The van der Waals surface area contributed by atoms with Crippen molar-refractivity contribution in [2.75, 3.05) is 4.90 Å². The smallest absolute Gasteiger partial charge is 0.421 e. The molecule has 0 bridgehead atoms. The SMILES string of the molecule is CC(C)(C)OC(=O)N(c1ccccn1)c1nc(Cl)nc2cc(C=O)sc12. The molecule has 0 aliphatic rings. The van der Waals surface area contributed by atoms with Crippen LogP contribution in [0, 0.1) is 0 Å². The minimum absolute atomic E-state index is 0.0489. The summed E-state index contributed by atoms with van der Waals surface area (Å²) in [5, 5.41) is -0.0489. The summed E-state index contributed by atoms with van der Waals surface area (Å²) in [5.74, 6) is 0.532. The Hall–Kier alpha value is -2.58. The first-order valence-corrected chi connectivity index (χ1v) is 8.84. The van der Waals surface area contributed by atoms with Crippen molar-refractivity contribution in [2.45, 2.75) is 26.4 Å². The molecule has 3 heterocycles. The largest absolute Gasteiger partial charge is 0.443 e. The maximum Gasteiger partial charge on any atom is 0.421 e. The van der Waals surface area contributed by atoms with E-state index in [1.165, 1.54) is 4.90 Å². The van der Waals surface area contributed by atoms with Gasteiger partial charge in [-0.05, 0) is 50.6 Å². The Morgan fingerprint density at radius 2 is 2.08 bits per heavy atom. The molecule has 7 nitrogen and oxygen atoms in total. The fourth-order valence-electron chi connectivity index (χ4n) is 2.20. The molecular weight excluding hydrogens is 376 g/mol. The van der Waals surface area contributed by atoms with Crippen molar-refractivity contribution in [2.24, 2.45) is 0 Å². The molecule has 3 aromatic rings. The molecule has 0 N–H and O–H groups in total. The van der Waals surface area contributed by atoms with Crippen LogP contribution in [0.15, 0.2) is 30.5 Å². The molecule has 0 aliphatic carbocycles. The van der Waals surface area contributed by atoms with E-state index in [0.717, 1.165) is 11.3 Å². The molecule has 0 spiro atoms. The zero-order valence-corrected chi connectivity index (χ0v) is 15.8. The summed E-state index contributed by atoms with van der Waals surface area (Å²) in [4.78, 5) is 38.3. The fourth-order valence-corrected chi connectivity index (χ4v) is 3.26.